The summed E-state index contributed by atoms with van der Waals surface area (Å²) < 4.78 is 5.47. The van der Waals surface area contributed by atoms with Gasteiger partial charge in [0, 0.05) is 5.38 Å². The first-order chi connectivity index (χ1) is 13.0. The predicted octanol–water partition coefficient (Wildman–Crippen LogP) is 4.65. The number of piperidine rings is 1. The summed E-state index contributed by atoms with van der Waals surface area (Å²) in [4.78, 5) is 20.0. The van der Waals surface area contributed by atoms with Gasteiger partial charge in [-0.15, -0.1) is 11.3 Å². The number of benzene rings is 1. The van der Waals surface area contributed by atoms with E-state index < -0.39 is 5.41 Å². The van der Waals surface area contributed by atoms with Crippen LogP contribution in [0.5, 0.6) is 0 Å². The molecule has 0 amide bonds. The summed E-state index contributed by atoms with van der Waals surface area (Å²) in [5.74, 6) is 0.434. The predicted molar refractivity (Wildman–Crippen MR) is 110 cm³/mol. The first-order valence-electron chi connectivity index (χ1n) is 9.90. The van der Waals surface area contributed by atoms with E-state index in [9.17, 15) is 4.79 Å². The number of carbonyl (C=O) groups excluding carboxylic acids is 1. The topological polar surface area (TPSA) is 42.4 Å². The Balaban J connectivity index is 1.66. The highest BCUT2D eigenvalue weighted by molar-refractivity contribution is 7.09. The lowest BCUT2D eigenvalue weighted by molar-refractivity contribution is -0.158. The summed E-state index contributed by atoms with van der Waals surface area (Å²) in [5, 5.41) is 3.34. The first-order valence-corrected chi connectivity index (χ1v) is 10.8. The van der Waals surface area contributed by atoms with Crippen molar-refractivity contribution in [1.29, 1.82) is 0 Å². The summed E-state index contributed by atoms with van der Waals surface area (Å²) in [5.41, 5.74) is 1.98. The smallest absolute Gasteiger partial charge is 0.312 e. The molecule has 2 heterocycles. The second-order valence-corrected chi connectivity index (χ2v) is 8.70. The normalized spacial score (nSPS) is 17.2. The van der Waals surface area contributed by atoms with Crippen LogP contribution >= 0.6 is 11.3 Å². The molecule has 0 radical (unpaired) electrons. The zero-order valence-corrected chi connectivity index (χ0v) is 17.4. The highest BCUT2D eigenvalue weighted by Gasteiger charge is 2.42. The zero-order chi connectivity index (χ0) is 19.3. The third-order valence-electron chi connectivity index (χ3n) is 5.43. The molecule has 5 heteroatoms. The van der Waals surface area contributed by atoms with Gasteiger partial charge in [0.05, 0.1) is 24.3 Å². The van der Waals surface area contributed by atoms with Gasteiger partial charge in [-0.1, -0.05) is 44.2 Å². The molecule has 0 N–H and O–H groups in total. The number of likely N-dealkylation sites (tertiary alicyclic amines) is 1. The van der Waals surface area contributed by atoms with Gasteiger partial charge < -0.3 is 4.74 Å². The third kappa shape index (κ3) is 4.96. The quantitative estimate of drug-likeness (QED) is 0.650. The Hall–Kier alpha value is -1.72. The fourth-order valence-electron chi connectivity index (χ4n) is 3.72. The van der Waals surface area contributed by atoms with Crippen LogP contribution in [-0.4, -0.2) is 35.5 Å². The van der Waals surface area contributed by atoms with E-state index in [2.05, 4.69) is 36.3 Å². The van der Waals surface area contributed by atoms with Crippen molar-refractivity contribution in [2.75, 3.05) is 19.7 Å². The highest BCUT2D eigenvalue weighted by Crippen LogP contribution is 2.37. The van der Waals surface area contributed by atoms with Crippen molar-refractivity contribution in [2.24, 2.45) is 5.41 Å². The monoisotopic (exact) mass is 386 g/mol. The van der Waals surface area contributed by atoms with E-state index >= 15 is 0 Å². The summed E-state index contributed by atoms with van der Waals surface area (Å²) in [6, 6.07) is 10.3. The molecule has 27 heavy (non-hydrogen) atoms. The number of thiazole rings is 1. The molecule has 3 rings (SSSR count). The molecular weight excluding hydrogens is 356 g/mol. The molecule has 0 unspecified atom stereocenters. The lowest BCUT2D eigenvalue weighted by Crippen LogP contribution is -2.46. The molecule has 146 valence electrons. The lowest BCUT2D eigenvalue weighted by Gasteiger charge is -2.39. The lowest BCUT2D eigenvalue weighted by atomic mass is 9.73. The van der Waals surface area contributed by atoms with Crippen LogP contribution in [0.1, 0.15) is 55.8 Å². The van der Waals surface area contributed by atoms with E-state index in [-0.39, 0.29) is 5.97 Å². The maximum absolute atomic E-state index is 12.8. The Labute approximate surface area is 166 Å². The van der Waals surface area contributed by atoms with Gasteiger partial charge in [-0.05, 0) is 50.8 Å². The standard InChI is InChI=1S/C22H30N2O2S/c1-4-26-21(25)22(14-18-8-6-5-7-9-18)10-12-24(13-11-22)15-20-23-19(16-27-20)17(2)3/h5-9,16-17H,4,10-15H2,1-3H3. The Bertz CT molecular complexity index is 734. The average molecular weight is 387 g/mol. The molecule has 1 saturated heterocycles. The number of rotatable bonds is 7. The maximum atomic E-state index is 12.8. The van der Waals surface area contributed by atoms with E-state index in [0.29, 0.717) is 12.5 Å². The van der Waals surface area contributed by atoms with Gasteiger partial charge >= 0.3 is 5.97 Å². The Morgan fingerprint density at radius 1 is 1.26 bits per heavy atom. The van der Waals surface area contributed by atoms with Crippen molar-refractivity contribution in [3.63, 3.8) is 0 Å². The highest BCUT2D eigenvalue weighted by atomic mass is 32.1. The minimum Gasteiger partial charge on any atom is -0.466 e. The Kier molecular flexibility index (Phi) is 6.66. The fourth-order valence-corrected chi connectivity index (χ4v) is 4.71. The van der Waals surface area contributed by atoms with Crippen molar-refractivity contribution in [3.05, 3.63) is 52.0 Å². The van der Waals surface area contributed by atoms with Gasteiger partial charge in [-0.25, -0.2) is 4.98 Å². The Morgan fingerprint density at radius 2 is 1.96 bits per heavy atom. The number of carbonyl (C=O) groups is 1. The number of esters is 1. The van der Waals surface area contributed by atoms with Crippen LogP contribution in [0.4, 0.5) is 0 Å². The van der Waals surface area contributed by atoms with E-state index in [0.717, 1.165) is 38.9 Å². The number of hydrogen-bond donors (Lipinski definition) is 0. The third-order valence-corrected chi connectivity index (χ3v) is 6.28. The van der Waals surface area contributed by atoms with Crippen LogP contribution in [0, 0.1) is 5.41 Å². The van der Waals surface area contributed by atoms with Crippen molar-refractivity contribution in [2.45, 2.75) is 52.5 Å². The van der Waals surface area contributed by atoms with Crippen LogP contribution < -0.4 is 0 Å². The SMILES string of the molecule is CCOC(=O)C1(Cc2ccccc2)CCN(Cc2nc(C(C)C)cs2)CC1. The number of hydrogen-bond acceptors (Lipinski definition) is 5. The molecular formula is C22H30N2O2S. The second-order valence-electron chi connectivity index (χ2n) is 7.76. The molecule has 0 bridgehead atoms. The van der Waals surface area contributed by atoms with Crippen LogP contribution in [0.2, 0.25) is 0 Å². The molecule has 0 aliphatic carbocycles. The maximum Gasteiger partial charge on any atom is 0.312 e. The minimum atomic E-state index is -0.403. The molecule has 1 fully saturated rings. The summed E-state index contributed by atoms with van der Waals surface area (Å²) in [6.45, 7) is 9.37. The Morgan fingerprint density at radius 3 is 2.56 bits per heavy atom. The van der Waals surface area contributed by atoms with E-state index in [4.69, 9.17) is 9.72 Å². The van der Waals surface area contributed by atoms with Gasteiger partial charge in [0.1, 0.15) is 5.01 Å². The molecule has 1 aliphatic heterocycles. The van der Waals surface area contributed by atoms with Crippen LogP contribution in [0.25, 0.3) is 0 Å². The van der Waals surface area contributed by atoms with Gasteiger partial charge in [-0.3, -0.25) is 9.69 Å². The van der Waals surface area contributed by atoms with Gasteiger partial charge in [-0.2, -0.15) is 0 Å². The van der Waals surface area contributed by atoms with Crippen LogP contribution in [-0.2, 0) is 22.5 Å². The van der Waals surface area contributed by atoms with Gasteiger partial charge in [0.2, 0.25) is 0 Å². The number of nitrogens with zero attached hydrogens (tertiary/aromatic N) is 2. The van der Waals surface area contributed by atoms with E-state index in [1.54, 1.807) is 11.3 Å². The van der Waals surface area contributed by atoms with Crippen LogP contribution in [0.15, 0.2) is 35.7 Å². The summed E-state index contributed by atoms with van der Waals surface area (Å²) in [6.07, 6.45) is 2.43. The zero-order valence-electron chi connectivity index (χ0n) is 16.6. The van der Waals surface area contributed by atoms with Crippen molar-refractivity contribution in [1.82, 2.24) is 9.88 Å². The largest absolute Gasteiger partial charge is 0.466 e. The molecule has 4 nitrogen and oxygen atoms in total. The molecule has 0 spiro atoms. The van der Waals surface area contributed by atoms with Crippen LogP contribution in [0.3, 0.4) is 0 Å². The number of aromatic nitrogens is 1. The van der Waals surface area contributed by atoms with Crippen molar-refractivity contribution >= 4 is 17.3 Å². The molecule has 2 aromatic rings. The molecule has 0 atom stereocenters. The summed E-state index contributed by atoms with van der Waals surface area (Å²) >= 11 is 1.74. The average Bonchev–Trinajstić information content (AvgIpc) is 3.13. The summed E-state index contributed by atoms with van der Waals surface area (Å²) in [7, 11) is 0. The minimum absolute atomic E-state index is 0.0372. The molecule has 1 aromatic carbocycles. The van der Waals surface area contributed by atoms with Gasteiger partial charge in [0.15, 0.2) is 0 Å². The van der Waals surface area contributed by atoms with Crippen molar-refractivity contribution in [3.8, 4) is 0 Å². The molecule has 1 aromatic heterocycles. The van der Waals surface area contributed by atoms with E-state index in [1.807, 2.05) is 25.1 Å². The number of ether oxygens (including phenoxy) is 1. The molecule has 0 saturated carbocycles. The molecule has 1 aliphatic rings. The first kappa shape index (κ1) is 20.0. The fraction of sp³-hybridized carbons (Fsp3) is 0.545. The van der Waals surface area contributed by atoms with Crippen molar-refractivity contribution < 1.29 is 9.53 Å². The van der Waals surface area contributed by atoms with E-state index in [1.165, 1.54) is 16.3 Å². The second kappa shape index (κ2) is 8.98. The van der Waals surface area contributed by atoms with Gasteiger partial charge in [0.25, 0.3) is 0 Å².